The third-order valence-corrected chi connectivity index (χ3v) is 12.1. The van der Waals surface area contributed by atoms with Gasteiger partial charge in [0, 0.05) is 25.8 Å². The van der Waals surface area contributed by atoms with Gasteiger partial charge in [-0.2, -0.15) is 5.06 Å². The Bertz CT molecular complexity index is 1760. The van der Waals surface area contributed by atoms with Crippen LogP contribution in [0.5, 0.6) is 0 Å². The summed E-state index contributed by atoms with van der Waals surface area (Å²) < 4.78 is 25.4. The van der Waals surface area contributed by atoms with Gasteiger partial charge in [-0.05, 0) is 54.4 Å². The molecule has 6 fully saturated rings. The summed E-state index contributed by atoms with van der Waals surface area (Å²) in [7, 11) is 0. The normalized spacial score (nSPS) is 36.1. The van der Waals surface area contributed by atoms with Crippen LogP contribution >= 0.6 is 0 Å². The molecule has 2 bridgehead atoms. The Morgan fingerprint density at radius 1 is 1.02 bits per heavy atom. The fourth-order valence-electron chi connectivity index (χ4n) is 9.59. The Labute approximate surface area is 301 Å². The second-order valence-electron chi connectivity index (χ2n) is 15.5. The van der Waals surface area contributed by atoms with Crippen molar-refractivity contribution in [2.45, 2.75) is 113 Å². The molecule has 3 aliphatic carbocycles. The van der Waals surface area contributed by atoms with Crippen molar-refractivity contribution in [3.05, 3.63) is 76.9 Å². The van der Waals surface area contributed by atoms with E-state index in [1.807, 2.05) is 48.5 Å². The summed E-state index contributed by atoms with van der Waals surface area (Å²) in [5.41, 5.74) is 2.54. The number of ether oxygens (including phenoxy) is 4. The van der Waals surface area contributed by atoms with E-state index in [1.54, 1.807) is 5.06 Å². The lowest BCUT2D eigenvalue weighted by molar-refractivity contribution is -0.217. The maximum atomic E-state index is 14.8. The predicted molar refractivity (Wildman–Crippen MR) is 183 cm³/mol. The standard InChI is InChI=1S/C39H45N3O10/c1-21(44)30(35(45)40-14-15-43)41-37(47)39-19-29-31-32(51-38(50-31)17-24-7-3-4-8-25(24)18-38)34(39)52-42(33(39)36(46)49-29)20-26-9-5-2-6-23(26)12-10-22-11-13-27-28(16-22)48-27/h2-10,12,21-22,27-34,43-44H,11,13-20H2,1H3,(H,40,45)(H,41,47). The molecule has 4 aliphatic heterocycles. The number of hydrogen-bond acceptors (Lipinski definition) is 11. The third-order valence-electron chi connectivity index (χ3n) is 12.1. The number of hydroxylamine groups is 2. The maximum Gasteiger partial charge on any atom is 0.327 e. The molecule has 7 aliphatic rings. The van der Waals surface area contributed by atoms with Crippen LogP contribution in [0.2, 0.25) is 0 Å². The van der Waals surface area contributed by atoms with Gasteiger partial charge in [-0.1, -0.05) is 60.7 Å². The molecule has 4 N–H and O–H groups in total. The lowest BCUT2D eigenvalue weighted by Gasteiger charge is -2.49. The van der Waals surface area contributed by atoms with Gasteiger partial charge in [-0.3, -0.25) is 19.2 Å². The molecular formula is C39H45N3O10. The first kappa shape index (κ1) is 34.1. The number of carbonyl (C=O) groups excluding carboxylic acids is 3. The molecule has 2 aromatic rings. The number of fused-ring (bicyclic) bond motifs is 6. The van der Waals surface area contributed by atoms with Crippen LogP contribution in [0.3, 0.4) is 0 Å². The van der Waals surface area contributed by atoms with E-state index >= 15 is 0 Å². The molecule has 2 aromatic carbocycles. The summed E-state index contributed by atoms with van der Waals surface area (Å²) in [6.07, 6.45) is 4.84. The van der Waals surface area contributed by atoms with Gasteiger partial charge in [-0.25, -0.2) is 0 Å². The number of aliphatic hydroxyl groups excluding tert-OH is 2. The highest BCUT2D eigenvalue weighted by Gasteiger charge is 2.76. The van der Waals surface area contributed by atoms with Gasteiger partial charge in [0.1, 0.15) is 35.9 Å². The molecule has 9 rings (SSSR count). The highest BCUT2D eigenvalue weighted by atomic mass is 16.8. The molecule has 0 aromatic heterocycles. The number of esters is 1. The number of rotatable bonds is 10. The quantitative estimate of drug-likeness (QED) is 0.207. The molecule has 13 heteroatoms. The summed E-state index contributed by atoms with van der Waals surface area (Å²) in [6, 6.07) is 13.4. The van der Waals surface area contributed by atoms with E-state index in [9.17, 15) is 24.6 Å². The Hall–Kier alpha value is -3.69. The van der Waals surface area contributed by atoms with Crippen molar-refractivity contribution in [1.82, 2.24) is 15.7 Å². The molecule has 0 radical (unpaired) electrons. The number of epoxide rings is 1. The first-order valence-electron chi connectivity index (χ1n) is 18.5. The summed E-state index contributed by atoms with van der Waals surface area (Å²) in [5.74, 6) is -2.50. The van der Waals surface area contributed by atoms with Crippen molar-refractivity contribution in [3.63, 3.8) is 0 Å². The minimum Gasteiger partial charge on any atom is -0.458 e. The molecule has 1 spiro atoms. The number of allylic oxidation sites excluding steroid dienone is 1. The smallest absolute Gasteiger partial charge is 0.327 e. The van der Waals surface area contributed by atoms with Gasteiger partial charge in [-0.15, -0.1) is 0 Å². The van der Waals surface area contributed by atoms with Gasteiger partial charge in [0.25, 0.3) is 0 Å². The van der Waals surface area contributed by atoms with Crippen LogP contribution in [0.1, 0.15) is 54.9 Å². The number of amides is 2. The van der Waals surface area contributed by atoms with Crippen molar-refractivity contribution in [2.24, 2.45) is 11.3 Å². The monoisotopic (exact) mass is 715 g/mol. The van der Waals surface area contributed by atoms with Crippen LogP contribution in [0, 0.1) is 11.3 Å². The number of benzene rings is 2. The highest BCUT2D eigenvalue weighted by molar-refractivity contribution is 5.96. The van der Waals surface area contributed by atoms with Crippen molar-refractivity contribution in [2.75, 3.05) is 13.2 Å². The Morgan fingerprint density at radius 2 is 1.77 bits per heavy atom. The van der Waals surface area contributed by atoms with Crippen LogP contribution in [0.25, 0.3) is 6.08 Å². The molecule has 2 amide bonds. The SMILES string of the molecule is CC(O)C(NC(=O)C12CC3OC(=O)C1N(Cc1ccccc1C=CC1CCC4OC4C1)OC2C1OC2(Cc4ccccc4C2)OC31)C(=O)NCCO. The molecule has 4 saturated heterocycles. The lowest BCUT2D eigenvalue weighted by atomic mass is 9.62. The van der Waals surface area contributed by atoms with Crippen LogP contribution in [-0.2, 0) is 57.6 Å². The minimum atomic E-state index is -1.54. The predicted octanol–water partition coefficient (Wildman–Crippen LogP) is 1.32. The van der Waals surface area contributed by atoms with Crippen LogP contribution in [-0.4, -0.2) is 107 Å². The second kappa shape index (κ2) is 13.0. The molecular weight excluding hydrogens is 670 g/mol. The molecule has 4 heterocycles. The van der Waals surface area contributed by atoms with Gasteiger partial charge in [0.05, 0.1) is 31.5 Å². The van der Waals surface area contributed by atoms with Gasteiger partial charge < -0.3 is 39.8 Å². The number of carbonyl (C=O) groups is 3. The van der Waals surface area contributed by atoms with E-state index in [0.29, 0.717) is 31.0 Å². The van der Waals surface area contributed by atoms with Crippen molar-refractivity contribution >= 4 is 23.9 Å². The fourth-order valence-corrected chi connectivity index (χ4v) is 9.59. The number of nitrogens with one attached hydrogen (secondary N) is 2. The minimum absolute atomic E-state index is 0.0531. The average Bonchev–Trinajstić information content (AvgIpc) is 3.48. The molecule has 13 nitrogen and oxygen atoms in total. The Morgan fingerprint density at radius 3 is 2.52 bits per heavy atom. The van der Waals surface area contributed by atoms with E-state index in [1.165, 1.54) is 6.92 Å². The van der Waals surface area contributed by atoms with Crippen molar-refractivity contribution in [1.29, 1.82) is 0 Å². The van der Waals surface area contributed by atoms with Crippen molar-refractivity contribution in [3.8, 4) is 0 Å². The topological polar surface area (TPSA) is 168 Å². The second-order valence-corrected chi connectivity index (χ2v) is 15.5. The van der Waals surface area contributed by atoms with E-state index in [-0.39, 0.29) is 26.1 Å². The summed E-state index contributed by atoms with van der Waals surface area (Å²) in [5, 5.41) is 26.8. The average molecular weight is 716 g/mol. The van der Waals surface area contributed by atoms with E-state index in [2.05, 4.69) is 22.8 Å². The van der Waals surface area contributed by atoms with Crippen LogP contribution in [0.4, 0.5) is 0 Å². The number of hydrogen-bond donors (Lipinski definition) is 4. The van der Waals surface area contributed by atoms with Gasteiger partial charge in [0.2, 0.25) is 11.8 Å². The first-order valence-corrected chi connectivity index (χ1v) is 18.5. The number of nitrogens with zero attached hydrogens (tertiary/aromatic N) is 1. The number of aliphatic hydroxyl groups is 2. The zero-order valence-corrected chi connectivity index (χ0v) is 29.0. The maximum absolute atomic E-state index is 14.8. The van der Waals surface area contributed by atoms with Crippen LogP contribution in [0.15, 0.2) is 54.6 Å². The third kappa shape index (κ3) is 5.69. The first-order chi connectivity index (χ1) is 25.2. The largest absolute Gasteiger partial charge is 0.458 e. The Kier molecular flexibility index (Phi) is 8.53. The summed E-state index contributed by atoms with van der Waals surface area (Å²) in [6.45, 7) is 1.20. The zero-order valence-electron chi connectivity index (χ0n) is 29.0. The molecule has 276 valence electrons. The van der Waals surface area contributed by atoms with E-state index in [4.69, 9.17) is 23.8 Å². The van der Waals surface area contributed by atoms with Crippen molar-refractivity contribution < 1.29 is 48.4 Å². The van der Waals surface area contributed by atoms with E-state index in [0.717, 1.165) is 41.5 Å². The summed E-state index contributed by atoms with van der Waals surface area (Å²) >= 11 is 0. The molecule has 11 unspecified atom stereocenters. The fraction of sp³-hybridized carbons (Fsp3) is 0.564. The van der Waals surface area contributed by atoms with Gasteiger partial charge in [0.15, 0.2) is 11.8 Å². The molecule has 11 atom stereocenters. The lowest BCUT2D eigenvalue weighted by Crippen LogP contribution is -2.71. The molecule has 2 saturated carbocycles. The molecule has 52 heavy (non-hydrogen) atoms. The van der Waals surface area contributed by atoms with Crippen LogP contribution < -0.4 is 10.6 Å². The highest BCUT2D eigenvalue weighted by Crippen LogP contribution is 2.58. The summed E-state index contributed by atoms with van der Waals surface area (Å²) in [4.78, 5) is 48.8. The van der Waals surface area contributed by atoms with E-state index < -0.39 is 71.6 Å². The zero-order chi connectivity index (χ0) is 35.8. The van der Waals surface area contributed by atoms with Gasteiger partial charge >= 0.3 is 5.97 Å². The Balaban J connectivity index is 1.05.